The summed E-state index contributed by atoms with van der Waals surface area (Å²) < 4.78 is 21.8. The van der Waals surface area contributed by atoms with E-state index in [1.165, 1.54) is 12.7 Å². The Morgan fingerprint density at radius 2 is 2.00 bits per heavy atom. The molecular weight excluding hydrogens is 308 g/mol. The Morgan fingerprint density at radius 1 is 1.33 bits per heavy atom. The predicted molar refractivity (Wildman–Crippen MR) is 91.2 cm³/mol. The van der Waals surface area contributed by atoms with E-state index in [9.17, 15) is 4.79 Å². The summed E-state index contributed by atoms with van der Waals surface area (Å²) in [5.41, 5.74) is 1.23. The van der Waals surface area contributed by atoms with Gasteiger partial charge in [-0.1, -0.05) is 13.8 Å². The highest BCUT2D eigenvalue weighted by atomic mass is 16.7. The van der Waals surface area contributed by atoms with Gasteiger partial charge >= 0.3 is 5.97 Å². The van der Waals surface area contributed by atoms with Gasteiger partial charge in [0, 0.05) is 6.42 Å². The van der Waals surface area contributed by atoms with Crippen molar-refractivity contribution in [2.45, 2.75) is 52.2 Å². The van der Waals surface area contributed by atoms with Crippen LogP contribution in [-0.4, -0.2) is 39.2 Å². The zero-order valence-corrected chi connectivity index (χ0v) is 15.7. The SMILES string of the molecule is CO/C=C1\[C@@H](CCC2(C)OCCO2)[C@H](C)CC[C@H]1[C@@H](C)C(=O)OC. The second-order valence-electron chi connectivity index (χ2n) is 7.30. The Kier molecular flexibility index (Phi) is 6.70. The van der Waals surface area contributed by atoms with Crippen LogP contribution < -0.4 is 0 Å². The fraction of sp³-hybridized carbons (Fsp3) is 0.842. The van der Waals surface area contributed by atoms with Crippen LogP contribution in [0.15, 0.2) is 11.8 Å². The molecule has 1 heterocycles. The summed E-state index contributed by atoms with van der Waals surface area (Å²) in [6.45, 7) is 7.59. The first kappa shape index (κ1) is 19.3. The molecule has 0 bridgehead atoms. The lowest BCUT2D eigenvalue weighted by Crippen LogP contribution is -2.35. The van der Waals surface area contributed by atoms with E-state index in [0.717, 1.165) is 25.7 Å². The van der Waals surface area contributed by atoms with E-state index >= 15 is 0 Å². The maximum Gasteiger partial charge on any atom is 0.308 e. The van der Waals surface area contributed by atoms with Crippen LogP contribution in [0.3, 0.4) is 0 Å². The lowest BCUT2D eigenvalue weighted by molar-refractivity contribution is -0.150. The van der Waals surface area contributed by atoms with E-state index < -0.39 is 5.79 Å². The number of rotatable bonds is 6. The molecule has 0 radical (unpaired) electrons. The molecule has 0 aromatic heterocycles. The van der Waals surface area contributed by atoms with Crippen molar-refractivity contribution >= 4 is 5.97 Å². The molecule has 1 saturated carbocycles. The van der Waals surface area contributed by atoms with Gasteiger partial charge in [0.25, 0.3) is 0 Å². The average Bonchev–Trinajstić information content (AvgIpc) is 3.00. The van der Waals surface area contributed by atoms with Gasteiger partial charge < -0.3 is 18.9 Å². The number of carbonyl (C=O) groups is 1. The number of hydrogen-bond donors (Lipinski definition) is 0. The van der Waals surface area contributed by atoms with Crippen LogP contribution in [0.5, 0.6) is 0 Å². The maximum atomic E-state index is 12.0. The molecule has 0 aromatic carbocycles. The molecule has 0 unspecified atom stereocenters. The van der Waals surface area contributed by atoms with Crippen LogP contribution in [0, 0.1) is 23.7 Å². The number of ether oxygens (including phenoxy) is 4. The predicted octanol–water partition coefficient (Wildman–Crippen LogP) is 3.53. The molecule has 0 amide bonds. The number of carbonyl (C=O) groups excluding carboxylic acids is 1. The van der Waals surface area contributed by atoms with Crippen molar-refractivity contribution < 1.29 is 23.7 Å². The second-order valence-corrected chi connectivity index (χ2v) is 7.30. The van der Waals surface area contributed by atoms with E-state index in [1.807, 2.05) is 20.1 Å². The van der Waals surface area contributed by atoms with Gasteiger partial charge in [-0.25, -0.2) is 0 Å². The summed E-state index contributed by atoms with van der Waals surface area (Å²) in [5, 5.41) is 0. The summed E-state index contributed by atoms with van der Waals surface area (Å²) in [4.78, 5) is 12.0. The van der Waals surface area contributed by atoms with E-state index in [-0.39, 0.29) is 17.8 Å². The van der Waals surface area contributed by atoms with E-state index in [1.54, 1.807) is 7.11 Å². The summed E-state index contributed by atoms with van der Waals surface area (Å²) in [6, 6.07) is 0. The first-order valence-corrected chi connectivity index (χ1v) is 9.00. The van der Waals surface area contributed by atoms with Crippen LogP contribution in [-0.2, 0) is 23.7 Å². The minimum Gasteiger partial charge on any atom is -0.504 e. The zero-order chi connectivity index (χ0) is 17.7. The highest BCUT2D eigenvalue weighted by Crippen LogP contribution is 2.45. The highest BCUT2D eigenvalue weighted by Gasteiger charge is 2.40. The highest BCUT2D eigenvalue weighted by molar-refractivity contribution is 5.72. The molecule has 0 spiro atoms. The standard InChI is InChI=1S/C19H32O5/c1-13-6-7-16(14(2)18(20)22-5)17(12-21-4)15(13)8-9-19(3)23-10-11-24-19/h12-16H,6-11H2,1-5H3/b17-12+/t13-,14-,15+,16+/m1/s1. The lowest BCUT2D eigenvalue weighted by Gasteiger charge is -2.40. The molecule has 1 aliphatic heterocycles. The van der Waals surface area contributed by atoms with E-state index in [4.69, 9.17) is 18.9 Å². The van der Waals surface area contributed by atoms with Gasteiger partial charge in [0.2, 0.25) is 0 Å². The average molecular weight is 340 g/mol. The molecule has 4 atom stereocenters. The van der Waals surface area contributed by atoms with Gasteiger partial charge in [-0.2, -0.15) is 0 Å². The molecule has 2 fully saturated rings. The smallest absolute Gasteiger partial charge is 0.308 e. The number of hydrogen-bond acceptors (Lipinski definition) is 5. The molecule has 1 aliphatic carbocycles. The number of esters is 1. The number of methoxy groups -OCH3 is 2. The van der Waals surface area contributed by atoms with Crippen LogP contribution in [0.4, 0.5) is 0 Å². The molecule has 1 saturated heterocycles. The largest absolute Gasteiger partial charge is 0.504 e. The molecular formula is C19H32O5. The van der Waals surface area contributed by atoms with Crippen LogP contribution in [0.25, 0.3) is 0 Å². The molecule has 2 rings (SSSR count). The third kappa shape index (κ3) is 4.31. The van der Waals surface area contributed by atoms with Gasteiger partial charge in [0.1, 0.15) is 0 Å². The van der Waals surface area contributed by atoms with Crippen LogP contribution in [0.1, 0.15) is 46.5 Å². The Balaban J connectivity index is 2.13. The Bertz CT molecular complexity index is 453. The first-order valence-electron chi connectivity index (χ1n) is 9.00. The Labute approximate surface area is 145 Å². The van der Waals surface area contributed by atoms with Crippen LogP contribution in [0.2, 0.25) is 0 Å². The second kappa shape index (κ2) is 8.34. The maximum absolute atomic E-state index is 12.0. The van der Waals surface area contributed by atoms with Crippen molar-refractivity contribution in [1.29, 1.82) is 0 Å². The van der Waals surface area contributed by atoms with Crippen molar-refractivity contribution in [3.8, 4) is 0 Å². The van der Waals surface area contributed by atoms with Crippen molar-refractivity contribution in [2.75, 3.05) is 27.4 Å². The summed E-state index contributed by atoms with van der Waals surface area (Å²) >= 11 is 0. The fourth-order valence-corrected chi connectivity index (χ4v) is 4.18. The van der Waals surface area contributed by atoms with E-state index in [0.29, 0.717) is 25.0 Å². The normalized spacial score (nSPS) is 32.5. The molecule has 0 aromatic rings. The molecule has 138 valence electrons. The third-order valence-electron chi connectivity index (χ3n) is 5.71. The third-order valence-corrected chi connectivity index (χ3v) is 5.71. The van der Waals surface area contributed by atoms with Gasteiger partial charge in [0.05, 0.1) is 39.6 Å². The molecule has 2 aliphatic rings. The van der Waals surface area contributed by atoms with Gasteiger partial charge in [-0.05, 0) is 49.5 Å². The first-order chi connectivity index (χ1) is 11.4. The van der Waals surface area contributed by atoms with Crippen molar-refractivity contribution in [3.63, 3.8) is 0 Å². The minimum absolute atomic E-state index is 0.148. The van der Waals surface area contributed by atoms with Crippen molar-refractivity contribution in [3.05, 3.63) is 11.8 Å². The molecule has 5 nitrogen and oxygen atoms in total. The quantitative estimate of drug-likeness (QED) is 0.547. The lowest BCUT2D eigenvalue weighted by atomic mass is 9.66. The minimum atomic E-state index is -0.473. The topological polar surface area (TPSA) is 54.0 Å². The molecule has 24 heavy (non-hydrogen) atoms. The van der Waals surface area contributed by atoms with Crippen molar-refractivity contribution in [2.24, 2.45) is 23.7 Å². The molecule has 0 N–H and O–H groups in total. The molecule has 5 heteroatoms. The zero-order valence-electron chi connectivity index (χ0n) is 15.7. The Hall–Kier alpha value is -1.07. The summed E-state index contributed by atoms with van der Waals surface area (Å²) in [7, 11) is 3.13. The van der Waals surface area contributed by atoms with Gasteiger partial charge in [0.15, 0.2) is 5.79 Å². The monoisotopic (exact) mass is 340 g/mol. The van der Waals surface area contributed by atoms with Crippen LogP contribution >= 0.6 is 0 Å². The summed E-state index contributed by atoms with van der Waals surface area (Å²) in [6.07, 6.45) is 5.77. The van der Waals surface area contributed by atoms with Gasteiger partial charge in [-0.15, -0.1) is 0 Å². The number of allylic oxidation sites excluding steroid dienone is 1. The Morgan fingerprint density at radius 3 is 2.58 bits per heavy atom. The van der Waals surface area contributed by atoms with Crippen molar-refractivity contribution in [1.82, 2.24) is 0 Å². The van der Waals surface area contributed by atoms with Gasteiger partial charge in [-0.3, -0.25) is 4.79 Å². The fourth-order valence-electron chi connectivity index (χ4n) is 4.18. The summed E-state index contributed by atoms with van der Waals surface area (Å²) in [5.74, 6) is 0.333. The van der Waals surface area contributed by atoms with E-state index in [2.05, 4.69) is 6.92 Å².